The Morgan fingerprint density at radius 3 is 2.39 bits per heavy atom. The van der Waals surface area contributed by atoms with E-state index in [0.29, 0.717) is 21.6 Å². The zero-order valence-electron chi connectivity index (χ0n) is 20.8. The molecule has 0 aliphatic carbocycles. The van der Waals surface area contributed by atoms with E-state index < -0.39 is 5.97 Å². The highest BCUT2D eigenvalue weighted by Gasteiger charge is 2.34. The van der Waals surface area contributed by atoms with E-state index in [9.17, 15) is 14.7 Å². The summed E-state index contributed by atoms with van der Waals surface area (Å²) < 4.78 is 11.1. The maximum Gasteiger partial charge on any atom is 0.335 e. The molecule has 1 aliphatic heterocycles. The van der Waals surface area contributed by atoms with Gasteiger partial charge in [0, 0.05) is 5.56 Å². The van der Waals surface area contributed by atoms with E-state index in [1.807, 2.05) is 66.7 Å². The minimum atomic E-state index is -0.999. The fourth-order valence-electron chi connectivity index (χ4n) is 4.17. The van der Waals surface area contributed by atoms with Crippen molar-refractivity contribution in [2.75, 3.05) is 14.2 Å². The van der Waals surface area contributed by atoms with Crippen LogP contribution in [-0.2, 0) is 11.3 Å². The van der Waals surface area contributed by atoms with E-state index in [-0.39, 0.29) is 18.0 Å². The van der Waals surface area contributed by atoms with E-state index in [0.717, 1.165) is 27.6 Å². The average molecular weight is 525 g/mol. The SMILES string of the molecule is COc1ccc2ccc(OC)c(/C=C3\SC(=Nc4ccccc4)N(Cc4ccc(C(=O)O)cc4)C3=O)c2c1. The molecule has 190 valence electrons. The first-order valence-electron chi connectivity index (χ1n) is 11.8. The van der Waals surface area contributed by atoms with E-state index in [1.54, 1.807) is 31.3 Å². The van der Waals surface area contributed by atoms with Crippen molar-refractivity contribution in [2.24, 2.45) is 4.99 Å². The monoisotopic (exact) mass is 524 g/mol. The zero-order chi connectivity index (χ0) is 26.6. The van der Waals surface area contributed by atoms with Crippen LogP contribution < -0.4 is 9.47 Å². The summed E-state index contributed by atoms with van der Waals surface area (Å²) in [6.07, 6.45) is 1.83. The number of aliphatic imine (C=N–C) groups is 1. The van der Waals surface area contributed by atoms with Crippen LogP contribution in [0.4, 0.5) is 5.69 Å². The second-order valence-corrected chi connectivity index (χ2v) is 9.51. The molecule has 0 radical (unpaired) electrons. The molecule has 0 unspecified atom stereocenters. The van der Waals surface area contributed by atoms with Crippen LogP contribution in [0.25, 0.3) is 16.8 Å². The van der Waals surface area contributed by atoms with Crippen molar-refractivity contribution in [3.8, 4) is 11.5 Å². The quantitative estimate of drug-likeness (QED) is 0.283. The summed E-state index contributed by atoms with van der Waals surface area (Å²) in [6.45, 7) is 0.245. The first-order valence-corrected chi connectivity index (χ1v) is 12.6. The van der Waals surface area contributed by atoms with Gasteiger partial charge in [0.25, 0.3) is 5.91 Å². The summed E-state index contributed by atoms with van der Waals surface area (Å²) in [5, 5.41) is 11.6. The minimum Gasteiger partial charge on any atom is -0.497 e. The van der Waals surface area contributed by atoms with Gasteiger partial charge in [-0.3, -0.25) is 9.69 Å². The number of fused-ring (bicyclic) bond motifs is 1. The highest BCUT2D eigenvalue weighted by atomic mass is 32.2. The number of carbonyl (C=O) groups excluding carboxylic acids is 1. The third-order valence-electron chi connectivity index (χ3n) is 6.14. The van der Waals surface area contributed by atoms with Crippen LogP contribution in [0.2, 0.25) is 0 Å². The number of hydrogen-bond donors (Lipinski definition) is 1. The summed E-state index contributed by atoms with van der Waals surface area (Å²) in [4.78, 5) is 31.9. The molecular weight excluding hydrogens is 500 g/mol. The maximum atomic E-state index is 13.7. The van der Waals surface area contributed by atoms with Crippen LogP contribution in [-0.4, -0.2) is 41.3 Å². The Hall–Kier alpha value is -4.56. The number of methoxy groups -OCH3 is 2. The first-order chi connectivity index (χ1) is 18.5. The summed E-state index contributed by atoms with van der Waals surface area (Å²) >= 11 is 1.29. The highest BCUT2D eigenvalue weighted by molar-refractivity contribution is 8.18. The number of carboxylic acids is 1. The molecule has 0 aromatic heterocycles. The van der Waals surface area contributed by atoms with E-state index in [1.165, 1.54) is 23.9 Å². The molecule has 1 amide bonds. The van der Waals surface area contributed by atoms with Gasteiger partial charge in [0.2, 0.25) is 0 Å². The lowest BCUT2D eigenvalue weighted by molar-refractivity contribution is -0.122. The van der Waals surface area contributed by atoms with E-state index >= 15 is 0 Å². The second-order valence-electron chi connectivity index (χ2n) is 8.50. The number of amides is 1. The highest BCUT2D eigenvalue weighted by Crippen LogP contribution is 2.39. The molecule has 0 bridgehead atoms. The van der Waals surface area contributed by atoms with Gasteiger partial charge < -0.3 is 14.6 Å². The zero-order valence-corrected chi connectivity index (χ0v) is 21.6. The second kappa shape index (κ2) is 10.8. The standard InChI is InChI=1S/C30H24N2O5S/c1-36-23-14-12-20-13-15-26(37-2)25(24(20)16-23)17-27-28(33)32(18-19-8-10-21(11-9-19)29(34)35)30(38-27)31-22-6-4-3-5-7-22/h3-17H,18H2,1-2H3,(H,34,35)/b27-17-,31-30?. The Balaban J connectivity index is 1.58. The lowest BCUT2D eigenvalue weighted by Gasteiger charge is -2.16. The van der Waals surface area contributed by atoms with Gasteiger partial charge >= 0.3 is 5.97 Å². The number of para-hydroxylation sites is 1. The fourth-order valence-corrected chi connectivity index (χ4v) is 5.15. The van der Waals surface area contributed by atoms with Gasteiger partial charge in [-0.15, -0.1) is 0 Å². The van der Waals surface area contributed by atoms with Crippen LogP contribution in [0.5, 0.6) is 11.5 Å². The van der Waals surface area contributed by atoms with Gasteiger partial charge in [-0.1, -0.05) is 42.5 Å². The van der Waals surface area contributed by atoms with Crippen LogP contribution in [0, 0.1) is 0 Å². The topological polar surface area (TPSA) is 88.4 Å². The van der Waals surface area contributed by atoms with Crippen molar-refractivity contribution in [2.45, 2.75) is 6.54 Å². The number of nitrogens with zero attached hydrogens (tertiary/aromatic N) is 2. The van der Waals surface area contributed by atoms with Crippen molar-refractivity contribution in [3.05, 3.63) is 107 Å². The molecule has 1 N–H and O–H groups in total. The number of amidine groups is 1. The molecule has 38 heavy (non-hydrogen) atoms. The Kier molecular flexibility index (Phi) is 7.15. The first kappa shape index (κ1) is 25.1. The molecule has 0 saturated carbocycles. The number of carboxylic acid groups (broad SMARTS) is 1. The lowest BCUT2D eigenvalue weighted by atomic mass is 10.0. The molecule has 1 fully saturated rings. The van der Waals surface area contributed by atoms with Crippen molar-refractivity contribution < 1.29 is 24.2 Å². The number of aromatic carboxylic acids is 1. The van der Waals surface area contributed by atoms with Crippen molar-refractivity contribution >= 4 is 51.3 Å². The Morgan fingerprint density at radius 2 is 1.71 bits per heavy atom. The lowest BCUT2D eigenvalue weighted by Crippen LogP contribution is -2.28. The summed E-state index contributed by atoms with van der Waals surface area (Å²) in [7, 11) is 3.21. The third-order valence-corrected chi connectivity index (χ3v) is 7.14. The number of ether oxygens (including phenoxy) is 2. The number of benzene rings is 4. The average Bonchev–Trinajstić information content (AvgIpc) is 3.22. The summed E-state index contributed by atoms with van der Waals surface area (Å²) in [5.41, 5.74) is 2.47. The summed E-state index contributed by atoms with van der Waals surface area (Å²) in [6, 6.07) is 25.6. The molecule has 4 aromatic carbocycles. The smallest absolute Gasteiger partial charge is 0.335 e. The molecule has 0 atom stereocenters. The predicted octanol–water partition coefficient (Wildman–Crippen LogP) is 6.36. The Bertz CT molecular complexity index is 1570. The maximum absolute atomic E-state index is 13.7. The van der Waals surface area contributed by atoms with Gasteiger partial charge in [0.15, 0.2) is 5.17 Å². The molecule has 1 aliphatic rings. The van der Waals surface area contributed by atoms with Gasteiger partial charge in [0.05, 0.1) is 36.9 Å². The normalized spacial score (nSPS) is 15.4. The number of carbonyl (C=O) groups is 2. The molecule has 1 saturated heterocycles. The molecule has 8 heteroatoms. The van der Waals surface area contributed by atoms with Gasteiger partial charge in [-0.2, -0.15) is 0 Å². The van der Waals surface area contributed by atoms with Gasteiger partial charge in [-0.05, 0) is 76.6 Å². The van der Waals surface area contributed by atoms with E-state index in [2.05, 4.69) is 0 Å². The van der Waals surface area contributed by atoms with Crippen molar-refractivity contribution in [3.63, 3.8) is 0 Å². The molecule has 4 aromatic rings. The molecule has 0 spiro atoms. The number of rotatable bonds is 7. The van der Waals surface area contributed by atoms with Crippen molar-refractivity contribution in [1.29, 1.82) is 0 Å². The van der Waals surface area contributed by atoms with Gasteiger partial charge in [-0.25, -0.2) is 9.79 Å². The largest absolute Gasteiger partial charge is 0.497 e. The fraction of sp³-hybridized carbons (Fsp3) is 0.100. The van der Waals surface area contributed by atoms with Crippen LogP contribution in [0.3, 0.4) is 0 Å². The molecular formula is C30H24N2O5S. The number of hydrogen-bond acceptors (Lipinski definition) is 6. The van der Waals surface area contributed by atoms with Gasteiger partial charge in [0.1, 0.15) is 11.5 Å². The molecule has 1 heterocycles. The Labute approximate surface area is 224 Å². The van der Waals surface area contributed by atoms with Crippen LogP contribution in [0.15, 0.2) is 94.8 Å². The van der Waals surface area contributed by atoms with Crippen LogP contribution in [0.1, 0.15) is 21.5 Å². The minimum absolute atomic E-state index is 0.188. The van der Waals surface area contributed by atoms with E-state index in [4.69, 9.17) is 14.5 Å². The third kappa shape index (κ3) is 5.12. The summed E-state index contributed by atoms with van der Waals surface area (Å²) in [5.74, 6) is 0.139. The molecule has 7 nitrogen and oxygen atoms in total. The van der Waals surface area contributed by atoms with Crippen molar-refractivity contribution in [1.82, 2.24) is 4.90 Å². The molecule has 5 rings (SSSR count). The number of thioether (sulfide) groups is 1. The Morgan fingerprint density at radius 1 is 0.974 bits per heavy atom. The van der Waals surface area contributed by atoms with Crippen LogP contribution >= 0.6 is 11.8 Å². The predicted molar refractivity (Wildman–Crippen MR) is 150 cm³/mol.